The Bertz CT molecular complexity index is 484. The molecule has 5 nitrogen and oxygen atoms in total. The van der Waals surface area contributed by atoms with Crippen LogP contribution in [0.1, 0.15) is 11.5 Å². The molecule has 1 saturated heterocycles. The van der Waals surface area contributed by atoms with Crippen LogP contribution in [0.4, 0.5) is 0 Å². The first-order chi connectivity index (χ1) is 8.52. The molecule has 0 aromatic heterocycles. The highest BCUT2D eigenvalue weighted by Gasteiger charge is 2.59. The summed E-state index contributed by atoms with van der Waals surface area (Å²) in [4.78, 5) is 23.0. The van der Waals surface area contributed by atoms with Crippen molar-refractivity contribution in [3.8, 4) is 0 Å². The highest BCUT2D eigenvalue weighted by Crippen LogP contribution is 2.42. The lowest BCUT2D eigenvalue weighted by atomic mass is 9.74. The molecule has 0 spiro atoms. The molecule has 0 saturated carbocycles. The first-order valence-corrected chi connectivity index (χ1v) is 5.67. The molecule has 18 heavy (non-hydrogen) atoms. The van der Waals surface area contributed by atoms with Crippen molar-refractivity contribution in [1.82, 2.24) is 0 Å². The third-order valence-corrected chi connectivity index (χ3v) is 3.50. The molecule has 1 aromatic rings. The topological polar surface area (TPSA) is 83.8 Å². The number of esters is 1. The SMILES string of the molecule is O=C(O)C1(CO)C(=O)OCC1c1ccc(Cl)cc1. The van der Waals surface area contributed by atoms with Gasteiger partial charge < -0.3 is 14.9 Å². The zero-order chi connectivity index (χ0) is 13.3. The number of carbonyl (C=O) groups is 2. The fraction of sp³-hybridized carbons (Fsp3) is 0.333. The molecule has 1 aromatic carbocycles. The Morgan fingerprint density at radius 2 is 2.06 bits per heavy atom. The monoisotopic (exact) mass is 270 g/mol. The van der Waals surface area contributed by atoms with Crippen molar-refractivity contribution in [1.29, 1.82) is 0 Å². The van der Waals surface area contributed by atoms with Gasteiger partial charge in [0.05, 0.1) is 13.2 Å². The predicted molar refractivity (Wildman–Crippen MR) is 62.3 cm³/mol. The third-order valence-electron chi connectivity index (χ3n) is 3.24. The van der Waals surface area contributed by atoms with Crippen LogP contribution < -0.4 is 0 Å². The van der Waals surface area contributed by atoms with Gasteiger partial charge in [-0.3, -0.25) is 9.59 Å². The van der Waals surface area contributed by atoms with Crippen molar-refractivity contribution in [2.45, 2.75) is 5.92 Å². The molecular formula is C12H11ClO5. The minimum absolute atomic E-state index is 0.0622. The second-order valence-electron chi connectivity index (χ2n) is 4.14. The zero-order valence-corrected chi connectivity index (χ0v) is 10.1. The number of rotatable bonds is 3. The van der Waals surface area contributed by atoms with E-state index in [9.17, 15) is 19.8 Å². The Hall–Kier alpha value is -1.59. The van der Waals surface area contributed by atoms with Gasteiger partial charge in [-0.1, -0.05) is 23.7 Å². The molecule has 1 heterocycles. The van der Waals surface area contributed by atoms with E-state index in [0.717, 1.165) is 0 Å². The Labute approximate surface area is 108 Å². The van der Waals surface area contributed by atoms with Gasteiger partial charge >= 0.3 is 11.9 Å². The maximum Gasteiger partial charge on any atom is 0.326 e. The second-order valence-corrected chi connectivity index (χ2v) is 4.57. The lowest BCUT2D eigenvalue weighted by Crippen LogP contribution is -2.43. The van der Waals surface area contributed by atoms with Gasteiger partial charge in [0.25, 0.3) is 0 Å². The molecule has 0 bridgehead atoms. The van der Waals surface area contributed by atoms with Gasteiger partial charge in [0.1, 0.15) is 0 Å². The average molecular weight is 271 g/mol. The van der Waals surface area contributed by atoms with Gasteiger partial charge in [0, 0.05) is 10.9 Å². The molecule has 2 rings (SSSR count). The molecule has 1 aliphatic rings. The van der Waals surface area contributed by atoms with Crippen LogP contribution >= 0.6 is 11.6 Å². The number of carboxylic acid groups (broad SMARTS) is 1. The maximum atomic E-state index is 11.6. The van der Waals surface area contributed by atoms with Gasteiger partial charge in [0.2, 0.25) is 0 Å². The fourth-order valence-electron chi connectivity index (χ4n) is 2.13. The maximum absolute atomic E-state index is 11.6. The molecule has 0 aliphatic carbocycles. The Kier molecular flexibility index (Phi) is 3.28. The molecule has 0 radical (unpaired) electrons. The fourth-order valence-corrected chi connectivity index (χ4v) is 2.25. The van der Waals surface area contributed by atoms with Crippen LogP contribution in [0, 0.1) is 5.41 Å². The van der Waals surface area contributed by atoms with E-state index in [1.165, 1.54) is 0 Å². The van der Waals surface area contributed by atoms with Crippen LogP contribution in [-0.2, 0) is 14.3 Å². The minimum Gasteiger partial charge on any atom is -0.480 e. The molecule has 1 fully saturated rings. The summed E-state index contributed by atoms with van der Waals surface area (Å²) in [5, 5.41) is 19.1. The molecule has 2 atom stereocenters. The van der Waals surface area contributed by atoms with E-state index in [4.69, 9.17) is 16.3 Å². The number of aliphatic hydroxyl groups excluding tert-OH is 1. The van der Waals surface area contributed by atoms with Crippen LogP contribution in [0.5, 0.6) is 0 Å². The number of ether oxygens (including phenoxy) is 1. The number of aliphatic hydroxyl groups is 1. The van der Waals surface area contributed by atoms with Gasteiger partial charge in [0.15, 0.2) is 5.41 Å². The molecule has 1 aliphatic heterocycles. The lowest BCUT2D eigenvalue weighted by molar-refractivity contribution is -0.163. The van der Waals surface area contributed by atoms with Crippen LogP contribution in [0.25, 0.3) is 0 Å². The summed E-state index contributed by atoms with van der Waals surface area (Å²) in [7, 11) is 0. The Morgan fingerprint density at radius 3 is 2.56 bits per heavy atom. The number of hydrogen-bond donors (Lipinski definition) is 2. The van der Waals surface area contributed by atoms with Gasteiger partial charge in [-0.25, -0.2) is 0 Å². The van der Waals surface area contributed by atoms with Crippen molar-refractivity contribution in [3.63, 3.8) is 0 Å². The van der Waals surface area contributed by atoms with E-state index in [-0.39, 0.29) is 6.61 Å². The largest absolute Gasteiger partial charge is 0.480 e. The summed E-state index contributed by atoms with van der Waals surface area (Å²) in [6.45, 7) is -0.859. The standard InChI is InChI=1S/C12H11ClO5/c13-8-3-1-7(2-4-8)9-5-18-11(17)12(9,6-14)10(15)16/h1-4,9,14H,5-6H2,(H,15,16). The number of aliphatic carboxylic acids is 1. The van der Waals surface area contributed by atoms with Gasteiger partial charge in [-0.2, -0.15) is 0 Å². The summed E-state index contributed by atoms with van der Waals surface area (Å²) >= 11 is 5.75. The van der Waals surface area contributed by atoms with E-state index < -0.39 is 29.9 Å². The van der Waals surface area contributed by atoms with E-state index >= 15 is 0 Å². The number of halogens is 1. The number of carboxylic acids is 1. The lowest BCUT2D eigenvalue weighted by Gasteiger charge is -2.24. The summed E-state index contributed by atoms with van der Waals surface area (Å²) in [6.07, 6.45) is 0. The van der Waals surface area contributed by atoms with Crippen molar-refractivity contribution in [2.24, 2.45) is 5.41 Å². The smallest absolute Gasteiger partial charge is 0.326 e. The van der Waals surface area contributed by atoms with Gasteiger partial charge in [-0.05, 0) is 17.7 Å². The van der Waals surface area contributed by atoms with Crippen molar-refractivity contribution in [3.05, 3.63) is 34.9 Å². The number of benzene rings is 1. The zero-order valence-electron chi connectivity index (χ0n) is 9.30. The predicted octanol–water partition coefficient (Wildman–Crippen LogP) is 1.04. The first kappa shape index (κ1) is 12.9. The summed E-state index contributed by atoms with van der Waals surface area (Å²) in [6, 6.07) is 6.46. The summed E-state index contributed by atoms with van der Waals surface area (Å²) in [5.74, 6) is -3.00. The quantitative estimate of drug-likeness (QED) is 0.633. The van der Waals surface area contributed by atoms with Crippen LogP contribution in [0.2, 0.25) is 5.02 Å². The van der Waals surface area contributed by atoms with Crippen molar-refractivity contribution >= 4 is 23.5 Å². The van der Waals surface area contributed by atoms with Crippen LogP contribution in [0.3, 0.4) is 0 Å². The first-order valence-electron chi connectivity index (χ1n) is 5.29. The molecule has 0 amide bonds. The second kappa shape index (κ2) is 4.59. The summed E-state index contributed by atoms with van der Waals surface area (Å²) < 4.78 is 4.81. The van der Waals surface area contributed by atoms with Crippen molar-refractivity contribution in [2.75, 3.05) is 13.2 Å². The molecule has 2 unspecified atom stereocenters. The molecule has 96 valence electrons. The molecular weight excluding hydrogens is 260 g/mol. The Balaban J connectivity index is 2.46. The molecule has 6 heteroatoms. The minimum atomic E-state index is -1.92. The van der Waals surface area contributed by atoms with E-state index in [0.29, 0.717) is 10.6 Å². The van der Waals surface area contributed by atoms with Crippen molar-refractivity contribution < 1.29 is 24.5 Å². The Morgan fingerprint density at radius 1 is 1.44 bits per heavy atom. The van der Waals surface area contributed by atoms with E-state index in [1.807, 2.05) is 0 Å². The third kappa shape index (κ3) is 1.76. The highest BCUT2D eigenvalue weighted by atomic mass is 35.5. The number of carbonyl (C=O) groups excluding carboxylic acids is 1. The summed E-state index contributed by atoms with van der Waals surface area (Å²) in [5.41, 5.74) is -1.32. The van der Waals surface area contributed by atoms with E-state index in [2.05, 4.69) is 0 Å². The van der Waals surface area contributed by atoms with Crippen LogP contribution in [-0.4, -0.2) is 35.4 Å². The average Bonchev–Trinajstić information content (AvgIpc) is 2.68. The normalized spacial score (nSPS) is 27.0. The number of hydrogen-bond acceptors (Lipinski definition) is 4. The number of cyclic esters (lactones) is 1. The van der Waals surface area contributed by atoms with Gasteiger partial charge in [-0.15, -0.1) is 0 Å². The van der Waals surface area contributed by atoms with E-state index in [1.54, 1.807) is 24.3 Å². The van der Waals surface area contributed by atoms with Crippen LogP contribution in [0.15, 0.2) is 24.3 Å². The molecule has 2 N–H and O–H groups in total. The highest BCUT2D eigenvalue weighted by molar-refractivity contribution is 6.30.